The number of fused-ring (bicyclic) bond motifs is 3. The average molecular weight is 453 g/mol. The Morgan fingerprint density at radius 3 is 2.21 bits per heavy atom. The Labute approximate surface area is 192 Å². The van der Waals surface area contributed by atoms with Crippen molar-refractivity contribution in [2.45, 2.75) is 37.3 Å². The van der Waals surface area contributed by atoms with Gasteiger partial charge in [-0.3, -0.25) is 4.79 Å². The molecule has 0 heterocycles. The van der Waals surface area contributed by atoms with Gasteiger partial charge in [0.1, 0.15) is 6.61 Å². The lowest BCUT2D eigenvalue weighted by atomic mass is 9.78. The summed E-state index contributed by atoms with van der Waals surface area (Å²) in [6.07, 6.45) is 0.153. The van der Waals surface area contributed by atoms with Gasteiger partial charge in [-0.05, 0) is 41.0 Å². The van der Waals surface area contributed by atoms with Crippen LogP contribution in [0.15, 0.2) is 48.5 Å². The number of amides is 2. The molecular formula is C25H28N2O6. The number of ether oxygens (including phenoxy) is 2. The second kappa shape index (κ2) is 10.0. The number of methoxy groups -OCH3 is 1. The Kier molecular flexibility index (Phi) is 6.93. The van der Waals surface area contributed by atoms with Crippen molar-refractivity contribution in [3.63, 3.8) is 0 Å². The fourth-order valence-corrected chi connectivity index (χ4v) is 4.64. The van der Waals surface area contributed by atoms with Crippen LogP contribution in [0.25, 0.3) is 11.1 Å². The third kappa shape index (κ3) is 5.17. The lowest BCUT2D eigenvalue weighted by Gasteiger charge is -2.35. The zero-order valence-corrected chi connectivity index (χ0v) is 18.5. The first-order valence-corrected chi connectivity index (χ1v) is 11.1. The van der Waals surface area contributed by atoms with Gasteiger partial charge in [-0.1, -0.05) is 48.5 Å². The molecular weight excluding hydrogens is 424 g/mol. The van der Waals surface area contributed by atoms with Crippen LogP contribution in [0, 0.1) is 5.92 Å². The lowest BCUT2D eigenvalue weighted by molar-refractivity contribution is -0.148. The van der Waals surface area contributed by atoms with Gasteiger partial charge in [-0.25, -0.2) is 9.59 Å². The molecule has 2 aliphatic rings. The normalized spacial score (nSPS) is 19.5. The van der Waals surface area contributed by atoms with Crippen LogP contribution in [0.1, 0.15) is 36.3 Å². The number of benzene rings is 2. The highest BCUT2D eigenvalue weighted by Crippen LogP contribution is 2.44. The second-order valence-corrected chi connectivity index (χ2v) is 8.58. The van der Waals surface area contributed by atoms with Crippen molar-refractivity contribution in [1.29, 1.82) is 0 Å². The molecule has 1 fully saturated rings. The largest absolute Gasteiger partial charge is 0.479 e. The first kappa shape index (κ1) is 22.8. The van der Waals surface area contributed by atoms with Crippen LogP contribution >= 0.6 is 0 Å². The number of carboxylic acids is 1. The minimum absolute atomic E-state index is 0.0164. The average Bonchev–Trinajstić information content (AvgIpc) is 3.10. The quantitative estimate of drug-likeness (QED) is 0.539. The van der Waals surface area contributed by atoms with E-state index in [2.05, 4.69) is 34.9 Å². The predicted octanol–water partition coefficient (Wildman–Crippen LogP) is 2.91. The van der Waals surface area contributed by atoms with Gasteiger partial charge in [-0.2, -0.15) is 0 Å². The Hall–Kier alpha value is -3.39. The topological polar surface area (TPSA) is 114 Å². The molecule has 3 N–H and O–H groups in total. The van der Waals surface area contributed by atoms with E-state index >= 15 is 0 Å². The van der Waals surface area contributed by atoms with Gasteiger partial charge in [-0.15, -0.1) is 0 Å². The first-order chi connectivity index (χ1) is 16.0. The summed E-state index contributed by atoms with van der Waals surface area (Å²) < 4.78 is 10.4. The Morgan fingerprint density at radius 1 is 1.03 bits per heavy atom. The standard InChI is InChI=1S/C25H28N2O6/c1-32-22(24(29)30)13-26-23(28)12-15-10-16(11-15)27-25(31)33-14-21-19-8-4-2-6-17(19)18-7-3-5-9-20(18)21/h2-9,15-16,21-22H,10-14H2,1H3,(H,26,28)(H,27,31)(H,29,30). The molecule has 1 atom stereocenters. The first-order valence-electron chi connectivity index (χ1n) is 11.1. The summed E-state index contributed by atoms with van der Waals surface area (Å²) in [4.78, 5) is 35.3. The zero-order valence-electron chi connectivity index (χ0n) is 18.5. The van der Waals surface area contributed by atoms with Crippen molar-refractivity contribution in [3.8, 4) is 11.1 Å². The van der Waals surface area contributed by atoms with Gasteiger partial charge in [0.05, 0.1) is 6.54 Å². The second-order valence-electron chi connectivity index (χ2n) is 8.58. The molecule has 0 radical (unpaired) electrons. The van der Waals surface area contributed by atoms with E-state index in [-0.39, 0.29) is 36.9 Å². The molecule has 2 amide bonds. The van der Waals surface area contributed by atoms with Crippen LogP contribution in [0.5, 0.6) is 0 Å². The highest BCUT2D eigenvalue weighted by atomic mass is 16.5. The van der Waals surface area contributed by atoms with E-state index in [9.17, 15) is 14.4 Å². The number of nitrogens with one attached hydrogen (secondary N) is 2. The molecule has 2 aliphatic carbocycles. The van der Waals surface area contributed by atoms with Crippen LogP contribution < -0.4 is 10.6 Å². The summed E-state index contributed by atoms with van der Waals surface area (Å²) in [5, 5.41) is 14.4. The molecule has 2 aromatic carbocycles. The van der Waals surface area contributed by atoms with Gasteiger partial charge >= 0.3 is 12.1 Å². The number of carbonyl (C=O) groups is 3. The summed E-state index contributed by atoms with van der Waals surface area (Å²) in [5.74, 6) is -1.17. The molecule has 33 heavy (non-hydrogen) atoms. The van der Waals surface area contributed by atoms with Crippen molar-refractivity contribution in [2.24, 2.45) is 5.92 Å². The number of carbonyl (C=O) groups excluding carboxylic acids is 2. The molecule has 8 nitrogen and oxygen atoms in total. The van der Waals surface area contributed by atoms with E-state index < -0.39 is 18.2 Å². The van der Waals surface area contributed by atoms with Crippen molar-refractivity contribution in [3.05, 3.63) is 59.7 Å². The van der Waals surface area contributed by atoms with Gasteiger partial charge in [0, 0.05) is 25.5 Å². The highest BCUT2D eigenvalue weighted by molar-refractivity contribution is 5.79. The number of carboxylic acid groups (broad SMARTS) is 1. The summed E-state index contributed by atoms with van der Waals surface area (Å²) in [7, 11) is 1.29. The fourth-order valence-electron chi connectivity index (χ4n) is 4.64. The minimum Gasteiger partial charge on any atom is -0.479 e. The Bertz CT molecular complexity index is 988. The van der Waals surface area contributed by atoms with Crippen molar-refractivity contribution in [2.75, 3.05) is 20.3 Å². The van der Waals surface area contributed by atoms with Crippen molar-refractivity contribution >= 4 is 18.0 Å². The number of hydrogen-bond acceptors (Lipinski definition) is 5. The maximum atomic E-state index is 12.3. The highest BCUT2D eigenvalue weighted by Gasteiger charge is 2.33. The SMILES string of the molecule is COC(CNC(=O)CC1CC(NC(=O)OCC2c3ccccc3-c3ccccc32)C1)C(=O)O. The van der Waals surface area contributed by atoms with Crippen molar-refractivity contribution in [1.82, 2.24) is 10.6 Å². The fraction of sp³-hybridized carbons (Fsp3) is 0.400. The van der Waals surface area contributed by atoms with Crippen LogP contribution in [-0.4, -0.2) is 55.5 Å². The van der Waals surface area contributed by atoms with Crippen molar-refractivity contribution < 1.29 is 29.0 Å². The molecule has 0 aliphatic heterocycles. The van der Waals surface area contributed by atoms with Gasteiger partial charge < -0.3 is 25.2 Å². The van der Waals surface area contributed by atoms with E-state index in [0.29, 0.717) is 19.3 Å². The molecule has 0 bridgehead atoms. The Morgan fingerprint density at radius 2 is 1.64 bits per heavy atom. The molecule has 0 aromatic heterocycles. The molecule has 4 rings (SSSR count). The summed E-state index contributed by atoms with van der Waals surface area (Å²) in [5.41, 5.74) is 4.70. The maximum absolute atomic E-state index is 12.3. The number of alkyl carbamates (subject to hydrolysis) is 1. The smallest absolute Gasteiger partial charge is 0.407 e. The molecule has 174 valence electrons. The number of rotatable bonds is 9. The molecule has 0 saturated heterocycles. The zero-order chi connectivity index (χ0) is 23.4. The van der Waals surface area contributed by atoms with E-state index in [4.69, 9.17) is 14.6 Å². The summed E-state index contributed by atoms with van der Waals surface area (Å²) in [6.45, 7) is 0.196. The predicted molar refractivity (Wildman–Crippen MR) is 121 cm³/mol. The monoisotopic (exact) mass is 452 g/mol. The van der Waals surface area contributed by atoms with Gasteiger partial charge in [0.25, 0.3) is 0 Å². The third-order valence-corrected chi connectivity index (χ3v) is 6.42. The van der Waals surface area contributed by atoms with E-state index in [1.54, 1.807) is 0 Å². The molecule has 0 spiro atoms. The molecule has 1 saturated carbocycles. The summed E-state index contributed by atoms with van der Waals surface area (Å²) >= 11 is 0. The van der Waals surface area contributed by atoms with Crippen LogP contribution in [0.3, 0.4) is 0 Å². The number of hydrogen-bond donors (Lipinski definition) is 3. The maximum Gasteiger partial charge on any atom is 0.407 e. The van der Waals surface area contributed by atoms with Gasteiger partial charge in [0.2, 0.25) is 5.91 Å². The van der Waals surface area contributed by atoms with E-state index in [1.807, 2.05) is 24.3 Å². The van der Waals surface area contributed by atoms with E-state index in [1.165, 1.54) is 29.4 Å². The van der Waals surface area contributed by atoms with Crippen LogP contribution in [-0.2, 0) is 19.1 Å². The lowest BCUT2D eigenvalue weighted by Crippen LogP contribution is -2.46. The van der Waals surface area contributed by atoms with Gasteiger partial charge in [0.15, 0.2) is 6.10 Å². The molecule has 1 unspecified atom stereocenters. The van der Waals surface area contributed by atoms with E-state index in [0.717, 1.165) is 0 Å². The third-order valence-electron chi connectivity index (χ3n) is 6.42. The number of aliphatic carboxylic acids is 1. The summed E-state index contributed by atoms with van der Waals surface area (Å²) in [6, 6.07) is 16.3. The van der Waals surface area contributed by atoms with Crippen LogP contribution in [0.4, 0.5) is 4.79 Å². The minimum atomic E-state index is -1.12. The Balaban J connectivity index is 1.19. The molecule has 8 heteroatoms. The molecule has 2 aromatic rings. The van der Waals surface area contributed by atoms with Crippen LogP contribution in [0.2, 0.25) is 0 Å².